The van der Waals surface area contributed by atoms with Crippen LogP contribution in [-0.2, 0) is 6.54 Å². The number of aromatic nitrogens is 2. The summed E-state index contributed by atoms with van der Waals surface area (Å²) >= 11 is 12.4. The number of hydrogen-bond acceptors (Lipinski definition) is 4. The second-order valence-electron chi connectivity index (χ2n) is 5.05. The zero-order chi connectivity index (χ0) is 14.7. The van der Waals surface area contributed by atoms with E-state index >= 15 is 0 Å². The highest BCUT2D eigenvalue weighted by Crippen LogP contribution is 2.23. The Kier molecular flexibility index (Phi) is 4.58. The van der Waals surface area contributed by atoms with Crippen molar-refractivity contribution in [3.8, 4) is 0 Å². The maximum Gasteiger partial charge on any atom is 0.150 e. The molecule has 4 nitrogen and oxygen atoms in total. The van der Waals surface area contributed by atoms with Crippen LogP contribution in [0.2, 0.25) is 10.0 Å². The molecule has 1 aliphatic heterocycles. The van der Waals surface area contributed by atoms with Crippen molar-refractivity contribution in [3.63, 3.8) is 0 Å². The highest BCUT2D eigenvalue weighted by atomic mass is 35.5. The molecule has 1 aliphatic rings. The predicted octanol–water partition coefficient (Wildman–Crippen LogP) is 3.11. The van der Waals surface area contributed by atoms with E-state index in [0.717, 1.165) is 43.6 Å². The predicted molar refractivity (Wildman–Crippen MR) is 86.0 cm³/mol. The molecule has 0 unspecified atom stereocenters. The maximum absolute atomic E-state index is 6.22. The van der Waals surface area contributed by atoms with Crippen molar-refractivity contribution in [2.24, 2.45) is 0 Å². The van der Waals surface area contributed by atoms with E-state index in [1.807, 2.05) is 18.2 Å². The first-order valence-corrected chi connectivity index (χ1v) is 7.66. The van der Waals surface area contributed by atoms with Crippen molar-refractivity contribution in [1.82, 2.24) is 14.9 Å². The first-order chi connectivity index (χ1) is 10.2. The molecule has 0 saturated carbocycles. The van der Waals surface area contributed by atoms with Gasteiger partial charge in [-0.3, -0.25) is 4.90 Å². The Hall–Kier alpha value is -1.36. The summed E-state index contributed by atoms with van der Waals surface area (Å²) < 4.78 is 0. The molecule has 0 bridgehead atoms. The average Bonchev–Trinajstić information content (AvgIpc) is 2.51. The third kappa shape index (κ3) is 3.46. The summed E-state index contributed by atoms with van der Waals surface area (Å²) in [5.41, 5.74) is 1.17. The first-order valence-electron chi connectivity index (χ1n) is 6.90. The molecular weight excluding hydrogens is 307 g/mol. The third-order valence-corrected chi connectivity index (χ3v) is 4.31. The van der Waals surface area contributed by atoms with Gasteiger partial charge in [0.1, 0.15) is 11.3 Å². The zero-order valence-electron chi connectivity index (χ0n) is 11.5. The topological polar surface area (TPSA) is 32.3 Å². The Morgan fingerprint density at radius 1 is 1.00 bits per heavy atom. The minimum Gasteiger partial charge on any atom is -0.353 e. The molecule has 3 rings (SSSR count). The van der Waals surface area contributed by atoms with Crippen molar-refractivity contribution in [1.29, 1.82) is 0 Å². The Balaban J connectivity index is 1.61. The quantitative estimate of drug-likeness (QED) is 0.869. The molecule has 0 amide bonds. The number of benzene rings is 1. The zero-order valence-corrected chi connectivity index (χ0v) is 13.1. The molecule has 0 atom stereocenters. The molecule has 0 aliphatic carbocycles. The lowest BCUT2D eigenvalue weighted by Gasteiger charge is -2.35. The molecule has 2 heterocycles. The molecule has 1 aromatic carbocycles. The molecule has 2 aromatic rings. The van der Waals surface area contributed by atoms with Crippen molar-refractivity contribution in [3.05, 3.63) is 52.4 Å². The van der Waals surface area contributed by atoms with Crippen molar-refractivity contribution in [2.75, 3.05) is 31.1 Å². The van der Waals surface area contributed by atoms with Crippen LogP contribution in [0.25, 0.3) is 0 Å². The van der Waals surface area contributed by atoms with Gasteiger partial charge in [0.15, 0.2) is 5.82 Å². The van der Waals surface area contributed by atoms with Crippen LogP contribution >= 0.6 is 23.2 Å². The molecular formula is C15H16Cl2N4. The van der Waals surface area contributed by atoms with E-state index in [4.69, 9.17) is 23.2 Å². The van der Waals surface area contributed by atoms with Gasteiger partial charge in [-0.05, 0) is 11.6 Å². The summed E-state index contributed by atoms with van der Waals surface area (Å²) in [6.07, 6.45) is 3.18. The monoisotopic (exact) mass is 322 g/mol. The van der Waals surface area contributed by atoms with E-state index in [-0.39, 0.29) is 0 Å². The van der Waals surface area contributed by atoms with E-state index in [1.165, 1.54) is 11.9 Å². The fourth-order valence-electron chi connectivity index (χ4n) is 2.52. The van der Waals surface area contributed by atoms with E-state index in [9.17, 15) is 0 Å². The molecule has 110 valence electrons. The lowest BCUT2D eigenvalue weighted by atomic mass is 10.2. The summed E-state index contributed by atoms with van der Waals surface area (Å²) in [5, 5.41) is 1.44. The molecule has 0 N–H and O–H groups in total. The third-order valence-electron chi connectivity index (χ3n) is 3.67. The van der Waals surface area contributed by atoms with Gasteiger partial charge in [0.05, 0.1) is 6.20 Å². The number of anilines is 1. The van der Waals surface area contributed by atoms with Gasteiger partial charge in [0.25, 0.3) is 0 Å². The average molecular weight is 323 g/mol. The van der Waals surface area contributed by atoms with Crippen LogP contribution in [0.4, 0.5) is 5.82 Å². The van der Waals surface area contributed by atoms with Crippen molar-refractivity contribution >= 4 is 29.0 Å². The summed E-state index contributed by atoms with van der Waals surface area (Å²) in [7, 11) is 0. The Morgan fingerprint density at radius 2 is 1.76 bits per heavy atom. The van der Waals surface area contributed by atoms with Gasteiger partial charge in [-0.25, -0.2) is 9.97 Å². The molecule has 1 saturated heterocycles. The normalized spacial score (nSPS) is 16.2. The molecule has 1 aromatic heterocycles. The molecule has 6 heteroatoms. The Morgan fingerprint density at radius 3 is 2.48 bits per heavy atom. The SMILES string of the molecule is Clc1ccccc1CN1CCN(c2ncncc2Cl)CC1. The molecule has 1 fully saturated rings. The summed E-state index contributed by atoms with van der Waals surface area (Å²) in [5.74, 6) is 0.823. The lowest BCUT2D eigenvalue weighted by Crippen LogP contribution is -2.46. The highest BCUT2D eigenvalue weighted by Gasteiger charge is 2.20. The van der Waals surface area contributed by atoms with Crippen molar-refractivity contribution in [2.45, 2.75) is 6.54 Å². The van der Waals surface area contributed by atoms with Gasteiger partial charge in [0.2, 0.25) is 0 Å². The van der Waals surface area contributed by atoms with Gasteiger partial charge in [-0.1, -0.05) is 41.4 Å². The standard InChI is InChI=1S/C15H16Cl2N4/c16-13-4-2-1-3-12(13)10-20-5-7-21(8-6-20)15-14(17)9-18-11-19-15/h1-4,9,11H,5-8,10H2. The fourth-order valence-corrected chi connectivity index (χ4v) is 2.94. The molecule has 0 spiro atoms. The van der Waals surface area contributed by atoms with Gasteiger partial charge in [-0.15, -0.1) is 0 Å². The minimum absolute atomic E-state index is 0.608. The number of hydrogen-bond donors (Lipinski definition) is 0. The van der Waals surface area contributed by atoms with E-state index < -0.39 is 0 Å². The van der Waals surface area contributed by atoms with Crippen LogP contribution < -0.4 is 4.90 Å². The van der Waals surface area contributed by atoms with Gasteiger partial charge in [0, 0.05) is 37.7 Å². The number of rotatable bonds is 3. The summed E-state index contributed by atoms with van der Waals surface area (Å²) in [6, 6.07) is 8.00. The first kappa shape index (κ1) is 14.6. The Labute approximate surface area is 134 Å². The lowest BCUT2D eigenvalue weighted by molar-refractivity contribution is 0.249. The fraction of sp³-hybridized carbons (Fsp3) is 0.333. The summed E-state index contributed by atoms with van der Waals surface area (Å²) in [4.78, 5) is 12.8. The molecule has 21 heavy (non-hydrogen) atoms. The van der Waals surface area contributed by atoms with E-state index in [2.05, 4.69) is 25.8 Å². The molecule has 0 radical (unpaired) electrons. The maximum atomic E-state index is 6.22. The highest BCUT2D eigenvalue weighted by molar-refractivity contribution is 6.32. The Bertz CT molecular complexity index is 612. The minimum atomic E-state index is 0.608. The second kappa shape index (κ2) is 6.60. The van der Waals surface area contributed by atoms with Crippen LogP contribution in [0.3, 0.4) is 0 Å². The van der Waals surface area contributed by atoms with Crippen molar-refractivity contribution < 1.29 is 0 Å². The number of halogens is 2. The smallest absolute Gasteiger partial charge is 0.150 e. The largest absolute Gasteiger partial charge is 0.353 e. The van der Waals surface area contributed by atoms with Crippen LogP contribution in [0.1, 0.15) is 5.56 Å². The van der Waals surface area contributed by atoms with Gasteiger partial charge in [-0.2, -0.15) is 0 Å². The number of nitrogens with zero attached hydrogens (tertiary/aromatic N) is 4. The van der Waals surface area contributed by atoms with Crippen LogP contribution in [0, 0.1) is 0 Å². The van der Waals surface area contributed by atoms with Crippen LogP contribution in [-0.4, -0.2) is 41.0 Å². The van der Waals surface area contributed by atoms with Gasteiger partial charge < -0.3 is 4.90 Å². The van der Waals surface area contributed by atoms with Crippen LogP contribution in [0.15, 0.2) is 36.8 Å². The van der Waals surface area contributed by atoms with E-state index in [1.54, 1.807) is 6.20 Å². The van der Waals surface area contributed by atoms with Crippen LogP contribution in [0.5, 0.6) is 0 Å². The second-order valence-corrected chi connectivity index (χ2v) is 5.86. The number of piperazine rings is 1. The van der Waals surface area contributed by atoms with E-state index in [0.29, 0.717) is 5.02 Å². The summed E-state index contributed by atoms with van der Waals surface area (Å²) in [6.45, 7) is 4.62. The van der Waals surface area contributed by atoms with Gasteiger partial charge >= 0.3 is 0 Å².